The molecule has 2 N–H and O–H groups in total. The number of hydrogen-bond acceptors (Lipinski definition) is 5. The first kappa shape index (κ1) is 19.6. The van der Waals surface area contributed by atoms with Gasteiger partial charge in [0.2, 0.25) is 0 Å². The van der Waals surface area contributed by atoms with Crippen molar-refractivity contribution >= 4 is 28.4 Å². The molecule has 28 heavy (non-hydrogen) atoms. The average Bonchev–Trinajstić information content (AvgIpc) is 3.13. The number of aromatic amines is 1. The molecule has 4 rings (SSSR count). The second-order valence-electron chi connectivity index (χ2n) is 7.91. The van der Waals surface area contributed by atoms with E-state index in [9.17, 15) is 13.6 Å². The van der Waals surface area contributed by atoms with Crippen molar-refractivity contribution in [3.05, 3.63) is 34.1 Å². The molecule has 2 fully saturated rings. The smallest absolute Gasteiger partial charge is 0.261 e. The van der Waals surface area contributed by atoms with Crippen LogP contribution in [-0.2, 0) is 5.75 Å². The second-order valence-corrected chi connectivity index (χ2v) is 9.13. The van der Waals surface area contributed by atoms with Gasteiger partial charge in [0.15, 0.2) is 0 Å². The number of H-pyrrole nitrogens is 1. The minimum atomic E-state index is -0.893. The van der Waals surface area contributed by atoms with Crippen molar-refractivity contribution in [2.24, 2.45) is 0 Å². The van der Waals surface area contributed by atoms with Crippen molar-refractivity contribution in [1.29, 1.82) is 0 Å². The van der Waals surface area contributed by atoms with Crippen molar-refractivity contribution in [3.63, 3.8) is 0 Å². The van der Waals surface area contributed by atoms with Crippen LogP contribution >= 0.6 is 11.8 Å². The third-order valence-electron chi connectivity index (χ3n) is 5.65. The Morgan fingerprint density at radius 2 is 2.11 bits per heavy atom. The molecule has 2 aromatic rings. The maximum atomic E-state index is 14.5. The summed E-state index contributed by atoms with van der Waals surface area (Å²) in [6, 6.07) is 3.46. The largest absolute Gasteiger partial charge is 0.382 e. The van der Waals surface area contributed by atoms with Crippen LogP contribution in [0.25, 0.3) is 10.9 Å². The molecule has 2 aliphatic rings. The zero-order valence-corrected chi connectivity index (χ0v) is 16.8. The third-order valence-corrected chi connectivity index (χ3v) is 7.05. The maximum Gasteiger partial charge on any atom is 0.261 e. The molecule has 1 aliphatic heterocycles. The van der Waals surface area contributed by atoms with Gasteiger partial charge >= 0.3 is 0 Å². The maximum absolute atomic E-state index is 14.5. The topological polar surface area (TPSA) is 61.0 Å². The number of anilines is 1. The zero-order valence-electron chi connectivity index (χ0n) is 16.0. The highest BCUT2D eigenvalue weighted by molar-refractivity contribution is 7.99. The summed E-state index contributed by atoms with van der Waals surface area (Å²) in [5, 5.41) is 3.23. The first-order chi connectivity index (χ1) is 13.5. The number of hydrogen-bond donors (Lipinski definition) is 2. The number of halogens is 2. The summed E-state index contributed by atoms with van der Waals surface area (Å²) in [5.74, 6) is 0.304. The molecule has 152 valence electrons. The van der Waals surface area contributed by atoms with Crippen molar-refractivity contribution in [2.45, 2.75) is 55.3 Å². The van der Waals surface area contributed by atoms with E-state index in [1.54, 1.807) is 6.07 Å². The SMILES string of the molecule is CN1CC[C@H](SCc2nc3cc(NC4CCCC4)cc(F)c3c(=O)[nH]2)[C@@H](F)C1. The van der Waals surface area contributed by atoms with Gasteiger partial charge in [0.25, 0.3) is 5.56 Å². The lowest BCUT2D eigenvalue weighted by Crippen LogP contribution is -2.41. The average molecular weight is 409 g/mol. The summed E-state index contributed by atoms with van der Waals surface area (Å²) in [5.41, 5.74) is 0.526. The first-order valence-corrected chi connectivity index (χ1v) is 11.0. The van der Waals surface area contributed by atoms with Gasteiger partial charge in [-0.05, 0) is 45.0 Å². The standard InChI is InChI=1S/C20H26F2N4OS/c1-26-7-6-17(15(22)10-26)28-11-18-24-16-9-13(23-12-4-2-3-5-12)8-14(21)19(16)20(27)25-18/h8-9,12,15,17,23H,2-7,10-11H2,1H3,(H,24,25,27)/t15-,17-/m0/s1. The first-order valence-electron chi connectivity index (χ1n) is 9.93. The summed E-state index contributed by atoms with van der Waals surface area (Å²) in [7, 11) is 1.92. The third kappa shape index (κ3) is 4.33. The number of thioether (sulfide) groups is 1. The summed E-state index contributed by atoms with van der Waals surface area (Å²) in [6.45, 7) is 1.29. The summed E-state index contributed by atoms with van der Waals surface area (Å²) in [4.78, 5) is 21.5. The van der Waals surface area contributed by atoms with Crippen LogP contribution in [0.4, 0.5) is 14.5 Å². The van der Waals surface area contributed by atoms with Gasteiger partial charge in [-0.2, -0.15) is 0 Å². The van der Waals surface area contributed by atoms with Crippen LogP contribution in [0.15, 0.2) is 16.9 Å². The van der Waals surface area contributed by atoms with Gasteiger partial charge in [-0.25, -0.2) is 13.8 Å². The molecule has 5 nitrogen and oxygen atoms in total. The number of piperidine rings is 1. The van der Waals surface area contributed by atoms with Gasteiger partial charge in [0.1, 0.15) is 23.2 Å². The van der Waals surface area contributed by atoms with E-state index in [4.69, 9.17) is 0 Å². The fourth-order valence-electron chi connectivity index (χ4n) is 4.14. The van der Waals surface area contributed by atoms with E-state index < -0.39 is 17.5 Å². The Hall–Kier alpha value is -1.67. The molecule has 1 aliphatic carbocycles. The van der Waals surface area contributed by atoms with Gasteiger partial charge < -0.3 is 15.2 Å². The van der Waals surface area contributed by atoms with Gasteiger partial charge in [-0.3, -0.25) is 4.79 Å². The Morgan fingerprint density at radius 3 is 2.86 bits per heavy atom. The Labute approximate surface area is 167 Å². The molecule has 0 spiro atoms. The number of nitrogens with zero attached hydrogens (tertiary/aromatic N) is 2. The van der Waals surface area contributed by atoms with E-state index in [1.165, 1.54) is 30.7 Å². The minimum absolute atomic E-state index is 0.0200. The molecule has 0 bridgehead atoms. The molecule has 1 saturated heterocycles. The predicted octanol–water partition coefficient (Wildman–Crippen LogP) is 3.69. The number of rotatable bonds is 5. The quantitative estimate of drug-likeness (QED) is 0.790. The fourth-order valence-corrected chi connectivity index (χ4v) is 5.21. The Balaban J connectivity index is 1.53. The molecule has 0 radical (unpaired) electrons. The lowest BCUT2D eigenvalue weighted by molar-refractivity contribution is 0.170. The predicted molar refractivity (Wildman–Crippen MR) is 110 cm³/mol. The minimum Gasteiger partial charge on any atom is -0.382 e. The van der Waals surface area contributed by atoms with E-state index in [0.29, 0.717) is 35.4 Å². The van der Waals surface area contributed by atoms with Crippen molar-refractivity contribution in [1.82, 2.24) is 14.9 Å². The lowest BCUT2D eigenvalue weighted by Gasteiger charge is -2.31. The molecule has 1 saturated carbocycles. The molecular weight excluding hydrogens is 382 g/mol. The van der Waals surface area contributed by atoms with Crippen LogP contribution in [-0.4, -0.2) is 52.5 Å². The van der Waals surface area contributed by atoms with Crippen LogP contribution in [0.3, 0.4) is 0 Å². The van der Waals surface area contributed by atoms with Gasteiger partial charge in [0.05, 0.1) is 11.3 Å². The summed E-state index contributed by atoms with van der Waals surface area (Å²) in [6.07, 6.45) is 4.38. The lowest BCUT2D eigenvalue weighted by atomic mass is 10.1. The van der Waals surface area contributed by atoms with Crippen molar-refractivity contribution in [2.75, 3.05) is 25.5 Å². The van der Waals surface area contributed by atoms with E-state index in [2.05, 4.69) is 15.3 Å². The summed E-state index contributed by atoms with van der Waals surface area (Å²) >= 11 is 1.47. The molecule has 2 heterocycles. The Bertz CT molecular complexity index is 900. The number of fused-ring (bicyclic) bond motifs is 1. The van der Waals surface area contributed by atoms with Crippen LogP contribution < -0.4 is 10.9 Å². The molecule has 1 aromatic heterocycles. The van der Waals surface area contributed by atoms with Gasteiger partial charge in [0, 0.05) is 23.5 Å². The zero-order chi connectivity index (χ0) is 19.7. The number of likely N-dealkylation sites (tertiary alicyclic amines) is 1. The monoisotopic (exact) mass is 408 g/mol. The summed E-state index contributed by atoms with van der Waals surface area (Å²) < 4.78 is 28.7. The van der Waals surface area contributed by atoms with Crippen molar-refractivity contribution in [3.8, 4) is 0 Å². The van der Waals surface area contributed by atoms with Crippen LogP contribution in [0, 0.1) is 5.82 Å². The van der Waals surface area contributed by atoms with E-state index in [0.717, 1.165) is 25.8 Å². The van der Waals surface area contributed by atoms with E-state index in [1.807, 2.05) is 11.9 Å². The number of benzene rings is 1. The number of alkyl halides is 1. The fraction of sp³-hybridized carbons (Fsp3) is 0.600. The highest BCUT2D eigenvalue weighted by Gasteiger charge is 2.28. The van der Waals surface area contributed by atoms with E-state index in [-0.39, 0.29) is 10.6 Å². The number of aromatic nitrogens is 2. The number of nitrogens with one attached hydrogen (secondary N) is 2. The molecule has 1 aromatic carbocycles. The highest BCUT2D eigenvalue weighted by atomic mass is 32.2. The molecular formula is C20H26F2N4OS. The Morgan fingerprint density at radius 1 is 1.32 bits per heavy atom. The Kier molecular flexibility index (Phi) is 5.87. The van der Waals surface area contributed by atoms with Gasteiger partial charge in [-0.15, -0.1) is 11.8 Å². The highest BCUT2D eigenvalue weighted by Crippen LogP contribution is 2.28. The van der Waals surface area contributed by atoms with E-state index >= 15 is 0 Å². The van der Waals surface area contributed by atoms with Crippen LogP contribution in [0.2, 0.25) is 0 Å². The molecule has 0 amide bonds. The van der Waals surface area contributed by atoms with Crippen LogP contribution in [0.5, 0.6) is 0 Å². The molecule has 2 atom stereocenters. The molecule has 8 heteroatoms. The van der Waals surface area contributed by atoms with Crippen LogP contribution in [0.1, 0.15) is 37.9 Å². The van der Waals surface area contributed by atoms with Gasteiger partial charge in [-0.1, -0.05) is 12.8 Å². The second kappa shape index (κ2) is 8.37. The molecule has 0 unspecified atom stereocenters. The normalized spacial score (nSPS) is 24.1. The van der Waals surface area contributed by atoms with Crippen molar-refractivity contribution < 1.29 is 8.78 Å².